The third-order valence-corrected chi connectivity index (χ3v) is 5.96. The summed E-state index contributed by atoms with van der Waals surface area (Å²) in [5, 5.41) is 3.58. The summed E-state index contributed by atoms with van der Waals surface area (Å²) in [6, 6.07) is 22.0. The van der Waals surface area contributed by atoms with Crippen LogP contribution in [-0.2, 0) is 0 Å². The molecule has 158 valence electrons. The molecule has 0 saturated carbocycles. The number of amides is 2. The standard InChI is InChI=1S/C24H21BrClN3O2/c25-19-5-1-3-17(15-19)23(30)27-21-6-2-4-18(16-21)24(31)29-13-11-28(12-14-29)22-9-7-20(26)8-10-22/h1-10,15-16H,11-14H2,(H,27,30). The van der Waals surface area contributed by atoms with Gasteiger partial charge in [0.25, 0.3) is 11.8 Å². The van der Waals surface area contributed by atoms with Crippen LogP contribution in [0.15, 0.2) is 77.3 Å². The van der Waals surface area contributed by atoms with Gasteiger partial charge in [-0.3, -0.25) is 9.59 Å². The Morgan fingerprint density at radius 1 is 0.839 bits per heavy atom. The number of piperazine rings is 1. The lowest BCUT2D eigenvalue weighted by molar-refractivity contribution is 0.0746. The fraction of sp³-hybridized carbons (Fsp3) is 0.167. The molecule has 1 heterocycles. The van der Waals surface area contributed by atoms with E-state index in [9.17, 15) is 9.59 Å². The maximum atomic E-state index is 13.0. The van der Waals surface area contributed by atoms with Crippen LogP contribution in [0.25, 0.3) is 0 Å². The maximum Gasteiger partial charge on any atom is 0.255 e. The van der Waals surface area contributed by atoms with Crippen LogP contribution < -0.4 is 10.2 Å². The first-order valence-electron chi connectivity index (χ1n) is 9.96. The third-order valence-electron chi connectivity index (χ3n) is 5.21. The van der Waals surface area contributed by atoms with E-state index in [2.05, 4.69) is 26.1 Å². The van der Waals surface area contributed by atoms with Crippen molar-refractivity contribution in [1.29, 1.82) is 0 Å². The summed E-state index contributed by atoms with van der Waals surface area (Å²) in [6.07, 6.45) is 0. The zero-order valence-corrected chi connectivity index (χ0v) is 19.1. The Bertz CT molecular complexity index is 1100. The number of benzene rings is 3. The number of halogens is 2. The van der Waals surface area contributed by atoms with E-state index in [0.717, 1.165) is 23.2 Å². The highest BCUT2D eigenvalue weighted by Gasteiger charge is 2.22. The molecule has 3 aromatic rings. The summed E-state index contributed by atoms with van der Waals surface area (Å²) in [6.45, 7) is 2.78. The highest BCUT2D eigenvalue weighted by molar-refractivity contribution is 9.10. The fourth-order valence-corrected chi connectivity index (χ4v) is 4.09. The van der Waals surface area contributed by atoms with Crippen LogP contribution in [0.5, 0.6) is 0 Å². The second kappa shape index (κ2) is 9.54. The van der Waals surface area contributed by atoms with Crippen molar-refractivity contribution in [2.75, 3.05) is 36.4 Å². The molecule has 0 aromatic heterocycles. The summed E-state index contributed by atoms with van der Waals surface area (Å²) in [5.41, 5.74) is 2.81. The smallest absolute Gasteiger partial charge is 0.255 e. The van der Waals surface area contributed by atoms with E-state index in [4.69, 9.17) is 11.6 Å². The molecule has 1 aliphatic rings. The Morgan fingerprint density at radius 3 is 2.23 bits per heavy atom. The Hall–Kier alpha value is -2.83. The zero-order valence-electron chi connectivity index (χ0n) is 16.7. The van der Waals surface area contributed by atoms with Crippen LogP contribution in [0.3, 0.4) is 0 Å². The van der Waals surface area contributed by atoms with Crippen molar-refractivity contribution in [3.05, 3.63) is 93.4 Å². The van der Waals surface area contributed by atoms with Crippen molar-refractivity contribution in [2.24, 2.45) is 0 Å². The molecule has 3 aromatic carbocycles. The van der Waals surface area contributed by atoms with Gasteiger partial charge in [0.15, 0.2) is 0 Å². The minimum absolute atomic E-state index is 0.0330. The van der Waals surface area contributed by atoms with Gasteiger partial charge in [0.05, 0.1) is 0 Å². The van der Waals surface area contributed by atoms with Crippen LogP contribution in [0, 0.1) is 0 Å². The molecule has 0 unspecified atom stereocenters. The lowest BCUT2D eigenvalue weighted by Crippen LogP contribution is -2.48. The van der Waals surface area contributed by atoms with Crippen LogP contribution in [0.2, 0.25) is 5.02 Å². The van der Waals surface area contributed by atoms with Gasteiger partial charge in [0.2, 0.25) is 0 Å². The predicted octanol–water partition coefficient (Wildman–Crippen LogP) is 5.32. The van der Waals surface area contributed by atoms with E-state index in [1.807, 2.05) is 41.3 Å². The number of carbonyl (C=O) groups excluding carboxylic acids is 2. The van der Waals surface area contributed by atoms with Crippen LogP contribution in [-0.4, -0.2) is 42.9 Å². The molecule has 2 amide bonds. The van der Waals surface area contributed by atoms with Gasteiger partial charge in [0, 0.05) is 58.2 Å². The number of hydrogen-bond donors (Lipinski definition) is 1. The third kappa shape index (κ3) is 5.27. The SMILES string of the molecule is O=C(Nc1cccc(C(=O)N2CCN(c3ccc(Cl)cc3)CC2)c1)c1cccc(Br)c1. The molecule has 0 atom stereocenters. The molecule has 4 rings (SSSR count). The Kier molecular flexibility index (Phi) is 6.59. The zero-order chi connectivity index (χ0) is 21.8. The molecule has 5 nitrogen and oxygen atoms in total. The van der Waals surface area contributed by atoms with Crippen molar-refractivity contribution in [2.45, 2.75) is 0 Å². The van der Waals surface area contributed by atoms with Gasteiger partial charge in [0.1, 0.15) is 0 Å². The minimum Gasteiger partial charge on any atom is -0.368 e. The van der Waals surface area contributed by atoms with Crippen molar-refractivity contribution in [1.82, 2.24) is 4.90 Å². The average molecular weight is 499 g/mol. The van der Waals surface area contributed by atoms with E-state index >= 15 is 0 Å². The van der Waals surface area contributed by atoms with Crippen LogP contribution >= 0.6 is 27.5 Å². The Morgan fingerprint density at radius 2 is 1.52 bits per heavy atom. The predicted molar refractivity (Wildman–Crippen MR) is 128 cm³/mol. The number of rotatable bonds is 4. The van der Waals surface area contributed by atoms with E-state index in [1.165, 1.54) is 0 Å². The van der Waals surface area contributed by atoms with Gasteiger partial charge in [-0.1, -0.05) is 39.7 Å². The molecule has 1 saturated heterocycles. The molecule has 31 heavy (non-hydrogen) atoms. The highest BCUT2D eigenvalue weighted by atomic mass is 79.9. The molecular weight excluding hydrogens is 478 g/mol. The molecule has 1 N–H and O–H groups in total. The Balaban J connectivity index is 1.39. The normalized spacial score (nSPS) is 13.7. The van der Waals surface area contributed by atoms with Crippen molar-refractivity contribution in [3.63, 3.8) is 0 Å². The summed E-state index contributed by atoms with van der Waals surface area (Å²) in [4.78, 5) is 29.6. The van der Waals surface area contributed by atoms with Gasteiger partial charge in [-0.25, -0.2) is 0 Å². The lowest BCUT2D eigenvalue weighted by Gasteiger charge is -2.36. The second-order valence-electron chi connectivity index (χ2n) is 7.30. The van der Waals surface area contributed by atoms with Crippen LogP contribution in [0.4, 0.5) is 11.4 Å². The van der Waals surface area contributed by atoms with Gasteiger partial charge in [-0.05, 0) is 60.7 Å². The van der Waals surface area contributed by atoms with Gasteiger partial charge in [-0.2, -0.15) is 0 Å². The molecule has 1 fully saturated rings. The lowest BCUT2D eigenvalue weighted by atomic mass is 10.1. The summed E-state index contributed by atoms with van der Waals surface area (Å²) < 4.78 is 0.835. The van der Waals surface area contributed by atoms with Gasteiger partial charge < -0.3 is 15.1 Å². The van der Waals surface area contributed by atoms with Crippen molar-refractivity contribution >= 4 is 50.7 Å². The molecule has 0 spiro atoms. The number of hydrogen-bond acceptors (Lipinski definition) is 3. The van der Waals surface area contributed by atoms with E-state index in [-0.39, 0.29) is 11.8 Å². The van der Waals surface area contributed by atoms with E-state index in [1.54, 1.807) is 36.4 Å². The number of anilines is 2. The summed E-state index contributed by atoms with van der Waals surface area (Å²) in [7, 11) is 0. The quantitative estimate of drug-likeness (QED) is 0.530. The molecule has 7 heteroatoms. The first-order chi connectivity index (χ1) is 15.0. The van der Waals surface area contributed by atoms with Crippen molar-refractivity contribution < 1.29 is 9.59 Å². The highest BCUT2D eigenvalue weighted by Crippen LogP contribution is 2.21. The number of carbonyl (C=O) groups is 2. The first-order valence-corrected chi connectivity index (χ1v) is 11.1. The largest absolute Gasteiger partial charge is 0.368 e. The summed E-state index contributed by atoms with van der Waals surface area (Å²) in [5.74, 6) is -0.253. The molecule has 1 aliphatic heterocycles. The number of nitrogens with zero attached hydrogens (tertiary/aromatic N) is 2. The van der Waals surface area contributed by atoms with Crippen molar-refractivity contribution in [3.8, 4) is 0 Å². The second-order valence-corrected chi connectivity index (χ2v) is 8.65. The number of nitrogens with one attached hydrogen (secondary N) is 1. The average Bonchev–Trinajstić information content (AvgIpc) is 2.79. The fourth-order valence-electron chi connectivity index (χ4n) is 3.57. The van der Waals surface area contributed by atoms with Gasteiger partial charge >= 0.3 is 0 Å². The molecule has 0 radical (unpaired) electrons. The Labute approximate surface area is 194 Å². The summed E-state index contributed by atoms with van der Waals surface area (Å²) >= 11 is 9.34. The molecule has 0 aliphatic carbocycles. The monoisotopic (exact) mass is 497 g/mol. The van der Waals surface area contributed by atoms with Gasteiger partial charge in [-0.15, -0.1) is 0 Å². The molecular formula is C24H21BrClN3O2. The first kappa shape index (κ1) is 21.4. The van der Waals surface area contributed by atoms with Crippen LogP contribution in [0.1, 0.15) is 20.7 Å². The molecule has 0 bridgehead atoms. The van der Waals surface area contributed by atoms with E-state index < -0.39 is 0 Å². The topological polar surface area (TPSA) is 52.7 Å². The van der Waals surface area contributed by atoms with E-state index in [0.29, 0.717) is 34.9 Å². The minimum atomic E-state index is -0.220. The maximum absolute atomic E-state index is 13.0.